The van der Waals surface area contributed by atoms with Crippen molar-refractivity contribution in [3.05, 3.63) is 29.8 Å². The van der Waals surface area contributed by atoms with Crippen molar-refractivity contribution >= 4 is 23.5 Å². The Hall–Kier alpha value is -2.17. The molecule has 0 radical (unpaired) electrons. The van der Waals surface area contributed by atoms with Crippen LogP contribution in [-0.2, 0) is 14.3 Å². The molecule has 4 rings (SSSR count). The van der Waals surface area contributed by atoms with Crippen LogP contribution < -0.4 is 4.90 Å². The number of rotatable bonds is 3. The molecule has 2 aliphatic carbocycles. The molecular weight excluding hydrogens is 306 g/mol. The van der Waals surface area contributed by atoms with Gasteiger partial charge in [0.15, 0.2) is 0 Å². The minimum absolute atomic E-state index is 0.0911. The van der Waals surface area contributed by atoms with E-state index < -0.39 is 5.97 Å². The van der Waals surface area contributed by atoms with Crippen LogP contribution in [0, 0.1) is 23.7 Å². The van der Waals surface area contributed by atoms with Gasteiger partial charge >= 0.3 is 5.97 Å². The molecule has 1 heterocycles. The van der Waals surface area contributed by atoms with Crippen molar-refractivity contribution in [2.45, 2.75) is 39.2 Å². The Labute approximate surface area is 141 Å². The maximum absolute atomic E-state index is 12.8. The average molecular weight is 327 g/mol. The molecule has 1 saturated heterocycles. The van der Waals surface area contributed by atoms with Crippen molar-refractivity contribution in [2.24, 2.45) is 23.7 Å². The zero-order chi connectivity index (χ0) is 17.0. The van der Waals surface area contributed by atoms with E-state index in [2.05, 4.69) is 0 Å². The van der Waals surface area contributed by atoms with Gasteiger partial charge in [-0.1, -0.05) is 6.07 Å². The number of hydrogen-bond donors (Lipinski definition) is 0. The van der Waals surface area contributed by atoms with Crippen LogP contribution in [0.15, 0.2) is 24.3 Å². The van der Waals surface area contributed by atoms with Gasteiger partial charge in [0.2, 0.25) is 11.8 Å². The third-order valence-electron chi connectivity index (χ3n) is 5.61. The predicted molar refractivity (Wildman–Crippen MR) is 87.3 cm³/mol. The average Bonchev–Trinajstić information content (AvgIpc) is 3.21. The second-order valence-corrected chi connectivity index (χ2v) is 7.40. The van der Waals surface area contributed by atoms with E-state index in [1.165, 1.54) is 4.90 Å². The summed E-state index contributed by atoms with van der Waals surface area (Å²) < 4.78 is 5.20. The quantitative estimate of drug-likeness (QED) is 0.632. The first-order valence-corrected chi connectivity index (χ1v) is 8.66. The lowest BCUT2D eigenvalue weighted by molar-refractivity contribution is -0.123. The third-order valence-corrected chi connectivity index (χ3v) is 5.61. The lowest BCUT2D eigenvalue weighted by Crippen LogP contribution is -2.32. The van der Waals surface area contributed by atoms with Gasteiger partial charge in [-0.3, -0.25) is 14.5 Å². The van der Waals surface area contributed by atoms with Crippen LogP contribution in [0.2, 0.25) is 0 Å². The molecule has 3 fully saturated rings. The highest BCUT2D eigenvalue weighted by Crippen LogP contribution is 2.56. The van der Waals surface area contributed by atoms with E-state index in [9.17, 15) is 14.4 Å². The van der Waals surface area contributed by atoms with E-state index in [4.69, 9.17) is 4.74 Å². The summed E-state index contributed by atoms with van der Waals surface area (Å²) in [6.45, 7) is 3.57. The van der Waals surface area contributed by atoms with Gasteiger partial charge in [0.05, 0.1) is 29.2 Å². The molecule has 0 N–H and O–H groups in total. The van der Waals surface area contributed by atoms with Gasteiger partial charge in [-0.2, -0.15) is 0 Å². The highest BCUT2D eigenvalue weighted by molar-refractivity contribution is 6.22. The van der Waals surface area contributed by atoms with E-state index in [1.807, 2.05) is 0 Å². The molecule has 5 nitrogen and oxygen atoms in total. The molecule has 4 atom stereocenters. The van der Waals surface area contributed by atoms with E-state index in [0.717, 1.165) is 19.3 Å². The van der Waals surface area contributed by atoms with Gasteiger partial charge in [0.25, 0.3) is 0 Å². The molecule has 2 amide bonds. The van der Waals surface area contributed by atoms with E-state index in [-0.39, 0.29) is 29.8 Å². The molecule has 0 spiro atoms. The van der Waals surface area contributed by atoms with Gasteiger partial charge < -0.3 is 4.74 Å². The highest BCUT2D eigenvalue weighted by atomic mass is 16.5. The van der Waals surface area contributed by atoms with Gasteiger partial charge in [-0.25, -0.2) is 4.79 Å². The fraction of sp³-hybridized carbons (Fsp3) is 0.526. The molecule has 1 aliphatic heterocycles. The van der Waals surface area contributed by atoms with Crippen molar-refractivity contribution in [3.8, 4) is 0 Å². The standard InChI is InChI=1S/C19H21NO4/c1-10(2)24-19(23)13-4-3-5-14(9-13)20-17(21)15-11-6-7-12(8-11)16(15)18(20)22/h3-5,9-12,15-16H,6-8H2,1-2H3/t11-,12+,15-,16+. The predicted octanol–water partition coefficient (Wildman–Crippen LogP) is 2.79. The number of anilines is 1. The minimum atomic E-state index is -0.439. The molecular formula is C19H21NO4. The Morgan fingerprint density at radius 1 is 1.12 bits per heavy atom. The minimum Gasteiger partial charge on any atom is -0.459 e. The second kappa shape index (κ2) is 5.43. The maximum Gasteiger partial charge on any atom is 0.338 e. The Morgan fingerprint density at radius 2 is 1.75 bits per heavy atom. The molecule has 126 valence electrons. The summed E-state index contributed by atoms with van der Waals surface area (Å²) in [6, 6.07) is 6.63. The van der Waals surface area contributed by atoms with Gasteiger partial charge in [0, 0.05) is 0 Å². The Bertz CT molecular complexity index is 698. The van der Waals surface area contributed by atoms with Gasteiger partial charge in [-0.05, 0) is 63.1 Å². The summed E-state index contributed by atoms with van der Waals surface area (Å²) in [4.78, 5) is 39.1. The lowest BCUT2D eigenvalue weighted by Gasteiger charge is -2.19. The summed E-state index contributed by atoms with van der Waals surface area (Å²) >= 11 is 0. The number of benzene rings is 1. The van der Waals surface area contributed by atoms with E-state index in [1.54, 1.807) is 38.1 Å². The number of fused-ring (bicyclic) bond motifs is 5. The Kier molecular flexibility index (Phi) is 3.48. The summed E-state index contributed by atoms with van der Waals surface area (Å²) in [5.41, 5.74) is 0.846. The first-order chi connectivity index (χ1) is 11.5. The topological polar surface area (TPSA) is 63.7 Å². The van der Waals surface area contributed by atoms with E-state index >= 15 is 0 Å². The van der Waals surface area contributed by atoms with Crippen LogP contribution in [0.3, 0.4) is 0 Å². The van der Waals surface area contributed by atoms with Crippen molar-refractivity contribution < 1.29 is 19.1 Å². The van der Waals surface area contributed by atoms with E-state index in [0.29, 0.717) is 23.1 Å². The summed E-state index contributed by atoms with van der Waals surface area (Å²) in [7, 11) is 0. The fourth-order valence-electron chi connectivity index (χ4n) is 4.72. The first kappa shape index (κ1) is 15.4. The lowest BCUT2D eigenvalue weighted by atomic mass is 9.81. The number of imide groups is 1. The number of esters is 1. The molecule has 1 aromatic rings. The smallest absolute Gasteiger partial charge is 0.338 e. The summed E-state index contributed by atoms with van der Waals surface area (Å²) in [5.74, 6) is -0.208. The molecule has 5 heteroatoms. The highest BCUT2D eigenvalue weighted by Gasteiger charge is 2.61. The van der Waals surface area contributed by atoms with Gasteiger partial charge in [0.1, 0.15) is 0 Å². The third kappa shape index (κ3) is 2.18. The normalized spacial score (nSPS) is 31.0. The van der Waals surface area contributed by atoms with Crippen LogP contribution in [-0.4, -0.2) is 23.9 Å². The van der Waals surface area contributed by atoms with Crippen LogP contribution >= 0.6 is 0 Å². The van der Waals surface area contributed by atoms with Crippen LogP contribution in [0.4, 0.5) is 5.69 Å². The fourth-order valence-corrected chi connectivity index (χ4v) is 4.72. The second-order valence-electron chi connectivity index (χ2n) is 7.40. The summed E-state index contributed by atoms with van der Waals surface area (Å²) in [6.07, 6.45) is 2.91. The van der Waals surface area contributed by atoms with Crippen LogP contribution in [0.25, 0.3) is 0 Å². The van der Waals surface area contributed by atoms with Crippen molar-refractivity contribution in [3.63, 3.8) is 0 Å². The SMILES string of the molecule is CC(C)OC(=O)c1cccc(N2C(=O)[C@@H]3[C@@H]4CC[C@@H](C4)[C@@H]3C2=O)c1. The molecule has 24 heavy (non-hydrogen) atoms. The molecule has 0 aromatic heterocycles. The first-order valence-electron chi connectivity index (χ1n) is 8.66. The van der Waals surface area contributed by atoms with Crippen LogP contribution in [0.1, 0.15) is 43.5 Å². The number of carbonyl (C=O) groups excluding carboxylic acids is 3. The zero-order valence-corrected chi connectivity index (χ0v) is 13.9. The molecule has 2 bridgehead atoms. The molecule has 3 aliphatic rings. The van der Waals surface area contributed by atoms with Crippen molar-refractivity contribution in [1.82, 2.24) is 0 Å². The molecule has 1 aromatic carbocycles. The number of nitrogens with zero attached hydrogens (tertiary/aromatic N) is 1. The zero-order valence-electron chi connectivity index (χ0n) is 13.9. The maximum atomic E-state index is 12.8. The monoisotopic (exact) mass is 327 g/mol. The molecule has 0 unspecified atom stereocenters. The number of hydrogen-bond acceptors (Lipinski definition) is 4. The Morgan fingerprint density at radius 3 is 2.33 bits per heavy atom. The van der Waals surface area contributed by atoms with Crippen molar-refractivity contribution in [2.75, 3.05) is 4.90 Å². The number of carbonyl (C=O) groups is 3. The van der Waals surface area contributed by atoms with Gasteiger partial charge in [-0.15, -0.1) is 0 Å². The largest absolute Gasteiger partial charge is 0.459 e. The van der Waals surface area contributed by atoms with Crippen LogP contribution in [0.5, 0.6) is 0 Å². The Balaban J connectivity index is 1.64. The summed E-state index contributed by atoms with van der Waals surface area (Å²) in [5, 5.41) is 0. The van der Waals surface area contributed by atoms with Crippen molar-refractivity contribution in [1.29, 1.82) is 0 Å². The molecule has 2 saturated carbocycles. The number of ether oxygens (including phenoxy) is 1. The number of amides is 2.